The Bertz CT molecular complexity index is 539. The lowest BCUT2D eigenvalue weighted by Gasteiger charge is -2.17. The van der Waals surface area contributed by atoms with Crippen molar-refractivity contribution in [2.24, 2.45) is 0 Å². The fourth-order valence-electron chi connectivity index (χ4n) is 1.77. The molecule has 1 aromatic rings. The smallest absolute Gasteiger partial charge is 0.331 e. The van der Waals surface area contributed by atoms with Crippen LogP contribution in [0.4, 0.5) is 0 Å². The second-order valence-corrected chi connectivity index (χ2v) is 4.57. The Morgan fingerprint density at radius 2 is 1.77 bits per heavy atom. The number of carbonyl (C=O) groups is 3. The van der Waals surface area contributed by atoms with Gasteiger partial charge in [-0.25, -0.2) is 9.59 Å². The zero-order chi connectivity index (χ0) is 16.4. The van der Waals surface area contributed by atoms with Crippen molar-refractivity contribution in [3.8, 4) is 0 Å². The van der Waals surface area contributed by atoms with Gasteiger partial charge < -0.3 is 14.8 Å². The van der Waals surface area contributed by atoms with E-state index in [-0.39, 0.29) is 18.6 Å². The largest absolute Gasteiger partial charge is 0.466 e. The van der Waals surface area contributed by atoms with Gasteiger partial charge in [-0.15, -0.1) is 0 Å². The molecule has 1 aromatic carbocycles. The standard InChI is InChI=1S/C16H19NO5/c1-12(18)17-14(10-13-6-4-3-5-7-13)11-22-16(20)9-8-15(19)21-2/h3-9,14H,10-11H2,1-2H3,(H,17,18)/b9-8+/t14-/m1/s1. The summed E-state index contributed by atoms with van der Waals surface area (Å²) in [7, 11) is 1.21. The summed E-state index contributed by atoms with van der Waals surface area (Å²) >= 11 is 0. The fourth-order valence-corrected chi connectivity index (χ4v) is 1.77. The van der Waals surface area contributed by atoms with Crippen molar-refractivity contribution in [2.75, 3.05) is 13.7 Å². The minimum absolute atomic E-state index is 0.0127. The average Bonchev–Trinajstić information content (AvgIpc) is 2.50. The van der Waals surface area contributed by atoms with E-state index in [1.807, 2.05) is 30.3 Å². The predicted octanol–water partition coefficient (Wildman–Crippen LogP) is 1.01. The molecular weight excluding hydrogens is 286 g/mol. The number of ether oxygens (including phenoxy) is 2. The van der Waals surface area contributed by atoms with E-state index < -0.39 is 11.9 Å². The van der Waals surface area contributed by atoms with Crippen LogP contribution in [0.1, 0.15) is 12.5 Å². The van der Waals surface area contributed by atoms with Crippen molar-refractivity contribution in [3.63, 3.8) is 0 Å². The molecular formula is C16H19NO5. The molecule has 0 saturated carbocycles. The number of amides is 1. The second-order valence-electron chi connectivity index (χ2n) is 4.57. The van der Waals surface area contributed by atoms with Crippen LogP contribution in [0.3, 0.4) is 0 Å². The summed E-state index contributed by atoms with van der Waals surface area (Å²) in [4.78, 5) is 33.6. The van der Waals surface area contributed by atoms with E-state index in [1.165, 1.54) is 14.0 Å². The van der Waals surface area contributed by atoms with Gasteiger partial charge in [0.2, 0.25) is 5.91 Å². The third-order valence-corrected chi connectivity index (χ3v) is 2.72. The lowest BCUT2D eigenvalue weighted by atomic mass is 10.1. The Morgan fingerprint density at radius 1 is 1.14 bits per heavy atom. The summed E-state index contributed by atoms with van der Waals surface area (Å²) in [6.07, 6.45) is 2.50. The van der Waals surface area contributed by atoms with Gasteiger partial charge in [-0.1, -0.05) is 30.3 Å². The minimum Gasteiger partial charge on any atom is -0.466 e. The number of hydrogen-bond donors (Lipinski definition) is 1. The molecule has 1 rings (SSSR count). The number of carbonyl (C=O) groups excluding carboxylic acids is 3. The highest BCUT2D eigenvalue weighted by molar-refractivity contribution is 5.91. The molecule has 0 unspecified atom stereocenters. The normalized spacial score (nSPS) is 11.7. The van der Waals surface area contributed by atoms with Gasteiger partial charge in [0.05, 0.1) is 13.2 Å². The van der Waals surface area contributed by atoms with Gasteiger partial charge in [0.1, 0.15) is 6.61 Å². The summed E-state index contributed by atoms with van der Waals surface area (Å²) in [6.45, 7) is 1.41. The van der Waals surface area contributed by atoms with Crippen LogP contribution in [-0.4, -0.2) is 37.6 Å². The van der Waals surface area contributed by atoms with Gasteiger partial charge in [0.15, 0.2) is 0 Å². The van der Waals surface area contributed by atoms with Crippen molar-refractivity contribution >= 4 is 17.8 Å². The number of benzene rings is 1. The molecule has 0 spiro atoms. The van der Waals surface area contributed by atoms with Crippen molar-refractivity contribution < 1.29 is 23.9 Å². The first-order valence-corrected chi connectivity index (χ1v) is 6.75. The summed E-state index contributed by atoms with van der Waals surface area (Å²) in [6, 6.07) is 9.20. The SMILES string of the molecule is COC(=O)/C=C/C(=O)OC[C@@H](Cc1ccccc1)NC(C)=O. The maximum absolute atomic E-state index is 11.5. The van der Waals surface area contributed by atoms with E-state index >= 15 is 0 Å². The molecule has 6 heteroatoms. The molecule has 22 heavy (non-hydrogen) atoms. The van der Waals surface area contributed by atoms with Crippen molar-refractivity contribution in [1.82, 2.24) is 5.32 Å². The Kier molecular flexibility index (Phi) is 7.39. The van der Waals surface area contributed by atoms with Gasteiger partial charge >= 0.3 is 11.9 Å². The van der Waals surface area contributed by atoms with Crippen LogP contribution in [0.2, 0.25) is 0 Å². The van der Waals surface area contributed by atoms with E-state index in [0.29, 0.717) is 6.42 Å². The molecule has 1 N–H and O–H groups in total. The first-order valence-electron chi connectivity index (χ1n) is 6.75. The second kappa shape index (κ2) is 9.33. The lowest BCUT2D eigenvalue weighted by Crippen LogP contribution is -2.39. The summed E-state index contributed by atoms with van der Waals surface area (Å²) in [5.74, 6) is -1.52. The van der Waals surface area contributed by atoms with Crippen LogP contribution < -0.4 is 5.32 Å². The monoisotopic (exact) mass is 305 g/mol. The molecule has 0 heterocycles. The Morgan fingerprint density at radius 3 is 2.36 bits per heavy atom. The van der Waals surface area contributed by atoms with Gasteiger partial charge in [-0.2, -0.15) is 0 Å². The Balaban J connectivity index is 2.54. The van der Waals surface area contributed by atoms with Crippen LogP contribution >= 0.6 is 0 Å². The zero-order valence-electron chi connectivity index (χ0n) is 12.6. The third kappa shape index (κ3) is 7.23. The third-order valence-electron chi connectivity index (χ3n) is 2.72. The van der Waals surface area contributed by atoms with Crippen molar-refractivity contribution in [2.45, 2.75) is 19.4 Å². The van der Waals surface area contributed by atoms with Crippen molar-refractivity contribution in [1.29, 1.82) is 0 Å². The Hall–Kier alpha value is -2.63. The molecule has 1 amide bonds. The maximum atomic E-state index is 11.5. The van der Waals surface area contributed by atoms with Gasteiger partial charge in [0, 0.05) is 19.1 Å². The summed E-state index contributed by atoms with van der Waals surface area (Å²) < 4.78 is 9.39. The van der Waals surface area contributed by atoms with Gasteiger partial charge in [0.25, 0.3) is 0 Å². The molecule has 0 aromatic heterocycles. The fraction of sp³-hybridized carbons (Fsp3) is 0.312. The molecule has 1 atom stereocenters. The molecule has 0 bridgehead atoms. The number of methoxy groups -OCH3 is 1. The summed E-state index contributed by atoms with van der Waals surface area (Å²) in [5, 5.41) is 2.73. The van der Waals surface area contributed by atoms with Crippen LogP contribution in [0.25, 0.3) is 0 Å². The highest BCUT2D eigenvalue weighted by Gasteiger charge is 2.13. The van der Waals surface area contributed by atoms with E-state index in [0.717, 1.165) is 17.7 Å². The summed E-state index contributed by atoms with van der Waals surface area (Å²) in [5.41, 5.74) is 1.02. The molecule has 0 aliphatic heterocycles. The van der Waals surface area contributed by atoms with Crippen LogP contribution in [0.15, 0.2) is 42.5 Å². The number of nitrogens with one attached hydrogen (secondary N) is 1. The number of esters is 2. The quantitative estimate of drug-likeness (QED) is 0.600. The van der Waals surface area contributed by atoms with E-state index in [4.69, 9.17) is 4.74 Å². The predicted molar refractivity (Wildman–Crippen MR) is 79.9 cm³/mol. The molecule has 0 aliphatic carbocycles. The lowest BCUT2D eigenvalue weighted by molar-refractivity contribution is -0.140. The molecule has 118 valence electrons. The molecule has 6 nitrogen and oxygen atoms in total. The molecule has 0 saturated heterocycles. The average molecular weight is 305 g/mol. The first-order chi connectivity index (χ1) is 10.5. The van der Waals surface area contributed by atoms with Crippen LogP contribution in [-0.2, 0) is 30.3 Å². The van der Waals surface area contributed by atoms with Crippen LogP contribution in [0.5, 0.6) is 0 Å². The highest BCUT2D eigenvalue weighted by Crippen LogP contribution is 2.04. The first kappa shape index (κ1) is 17.4. The van der Waals surface area contributed by atoms with E-state index in [2.05, 4.69) is 10.1 Å². The van der Waals surface area contributed by atoms with E-state index in [9.17, 15) is 14.4 Å². The van der Waals surface area contributed by atoms with Gasteiger partial charge in [-0.05, 0) is 12.0 Å². The zero-order valence-corrected chi connectivity index (χ0v) is 12.6. The van der Waals surface area contributed by atoms with Crippen LogP contribution in [0, 0.1) is 0 Å². The number of rotatable bonds is 7. The Labute approximate surface area is 129 Å². The maximum Gasteiger partial charge on any atom is 0.331 e. The van der Waals surface area contributed by atoms with E-state index in [1.54, 1.807) is 0 Å². The molecule has 0 radical (unpaired) electrons. The molecule has 0 aliphatic rings. The van der Waals surface area contributed by atoms with Crippen molar-refractivity contribution in [3.05, 3.63) is 48.0 Å². The minimum atomic E-state index is -0.672. The number of hydrogen-bond acceptors (Lipinski definition) is 5. The molecule has 0 fully saturated rings. The topological polar surface area (TPSA) is 81.7 Å². The highest BCUT2D eigenvalue weighted by atomic mass is 16.5. The van der Waals surface area contributed by atoms with Gasteiger partial charge in [-0.3, -0.25) is 4.79 Å².